The maximum Gasteiger partial charge on any atom is 0.171 e. The largest absolute Gasteiger partial charge is 0.390 e. The molecule has 2 unspecified atom stereocenters. The number of hydrogen-bond donors (Lipinski definition) is 1. The van der Waals surface area contributed by atoms with Gasteiger partial charge in [0.1, 0.15) is 0 Å². The summed E-state index contributed by atoms with van der Waals surface area (Å²) in [6.45, 7) is 4.99. The Morgan fingerprint density at radius 1 is 1.29 bits per heavy atom. The predicted octanol–water partition coefficient (Wildman–Crippen LogP) is 0.696. The smallest absolute Gasteiger partial charge is 0.171 e. The minimum Gasteiger partial charge on any atom is -0.390 e. The van der Waals surface area contributed by atoms with Crippen molar-refractivity contribution in [1.29, 1.82) is 0 Å². The second-order valence-corrected chi connectivity index (χ2v) is 4.52. The minimum absolute atomic E-state index is 0.206. The number of aliphatic hydroxyl groups excluding tert-OH is 1. The van der Waals surface area contributed by atoms with Gasteiger partial charge in [0.2, 0.25) is 0 Å². The van der Waals surface area contributed by atoms with Crippen molar-refractivity contribution in [3.8, 4) is 0 Å². The highest BCUT2D eigenvalue weighted by Gasteiger charge is 2.45. The van der Waals surface area contributed by atoms with E-state index in [1.165, 1.54) is 0 Å². The number of hydrogen-bond acceptors (Lipinski definition) is 5. The van der Waals surface area contributed by atoms with Gasteiger partial charge in [0.25, 0.3) is 0 Å². The number of aliphatic hydroxyl groups is 1. The SMILES string of the molecule is CCOCCOC1CC2(CCC1O)OCCO2. The average molecular weight is 246 g/mol. The molecule has 1 spiro atoms. The second-order valence-electron chi connectivity index (χ2n) is 4.52. The van der Waals surface area contributed by atoms with E-state index in [4.69, 9.17) is 18.9 Å². The number of rotatable bonds is 5. The Kier molecular flexibility index (Phi) is 4.76. The summed E-state index contributed by atoms with van der Waals surface area (Å²) in [7, 11) is 0. The molecule has 5 heteroatoms. The second kappa shape index (κ2) is 6.11. The maximum absolute atomic E-state index is 9.89. The van der Waals surface area contributed by atoms with Crippen molar-refractivity contribution in [3.05, 3.63) is 0 Å². The molecule has 0 aromatic rings. The topological polar surface area (TPSA) is 57.2 Å². The first-order valence-corrected chi connectivity index (χ1v) is 6.41. The molecule has 2 fully saturated rings. The molecule has 2 aliphatic rings. The third kappa shape index (κ3) is 3.39. The maximum atomic E-state index is 9.89. The van der Waals surface area contributed by atoms with Crippen LogP contribution in [0.25, 0.3) is 0 Å². The quantitative estimate of drug-likeness (QED) is 0.723. The zero-order chi connectivity index (χ0) is 12.1. The van der Waals surface area contributed by atoms with Gasteiger partial charge >= 0.3 is 0 Å². The fourth-order valence-electron chi connectivity index (χ4n) is 2.43. The first kappa shape index (κ1) is 13.2. The van der Waals surface area contributed by atoms with Gasteiger partial charge in [-0.05, 0) is 13.3 Å². The van der Waals surface area contributed by atoms with Gasteiger partial charge < -0.3 is 24.1 Å². The Morgan fingerprint density at radius 2 is 2.06 bits per heavy atom. The summed E-state index contributed by atoms with van der Waals surface area (Å²) in [5.41, 5.74) is 0. The Hall–Kier alpha value is -0.200. The summed E-state index contributed by atoms with van der Waals surface area (Å²) >= 11 is 0. The standard InChI is InChI=1S/C12H22O5/c1-2-14-5-6-15-11-9-12(4-3-10(11)13)16-7-8-17-12/h10-11,13H,2-9H2,1H3. The molecule has 1 saturated carbocycles. The van der Waals surface area contributed by atoms with E-state index in [0.717, 1.165) is 6.42 Å². The Balaban J connectivity index is 1.78. The highest BCUT2D eigenvalue weighted by Crippen LogP contribution is 2.37. The van der Waals surface area contributed by atoms with Crippen LogP contribution in [0, 0.1) is 0 Å². The van der Waals surface area contributed by atoms with Crippen LogP contribution in [-0.4, -0.2) is 56.1 Å². The summed E-state index contributed by atoms with van der Waals surface area (Å²) in [4.78, 5) is 0. The zero-order valence-corrected chi connectivity index (χ0v) is 10.4. The molecule has 5 nitrogen and oxygen atoms in total. The van der Waals surface area contributed by atoms with E-state index in [0.29, 0.717) is 45.9 Å². The summed E-state index contributed by atoms with van der Waals surface area (Å²) in [6.07, 6.45) is 1.40. The molecule has 1 heterocycles. The van der Waals surface area contributed by atoms with E-state index in [-0.39, 0.29) is 6.10 Å². The Morgan fingerprint density at radius 3 is 2.76 bits per heavy atom. The summed E-state index contributed by atoms with van der Waals surface area (Å²) in [5, 5.41) is 9.89. The van der Waals surface area contributed by atoms with Crippen LogP contribution < -0.4 is 0 Å². The molecule has 0 bridgehead atoms. The molecular weight excluding hydrogens is 224 g/mol. The lowest BCUT2D eigenvalue weighted by atomic mass is 9.89. The van der Waals surface area contributed by atoms with Crippen molar-refractivity contribution in [1.82, 2.24) is 0 Å². The van der Waals surface area contributed by atoms with E-state index in [2.05, 4.69) is 0 Å². The molecule has 0 aromatic heterocycles. The molecule has 1 aliphatic heterocycles. The van der Waals surface area contributed by atoms with Crippen molar-refractivity contribution in [2.45, 2.75) is 44.2 Å². The van der Waals surface area contributed by atoms with Crippen molar-refractivity contribution in [3.63, 3.8) is 0 Å². The zero-order valence-electron chi connectivity index (χ0n) is 10.4. The monoisotopic (exact) mass is 246 g/mol. The van der Waals surface area contributed by atoms with Gasteiger partial charge in [-0.25, -0.2) is 0 Å². The van der Waals surface area contributed by atoms with Crippen molar-refractivity contribution < 1.29 is 24.1 Å². The summed E-state index contributed by atoms with van der Waals surface area (Å²) in [5.74, 6) is -0.504. The van der Waals surface area contributed by atoms with E-state index in [9.17, 15) is 5.11 Å². The fraction of sp³-hybridized carbons (Fsp3) is 1.00. The lowest BCUT2D eigenvalue weighted by molar-refractivity contribution is -0.222. The molecule has 1 saturated heterocycles. The van der Waals surface area contributed by atoms with Gasteiger partial charge in [-0.2, -0.15) is 0 Å². The van der Waals surface area contributed by atoms with E-state index in [1.54, 1.807) is 0 Å². The Labute approximate surface area is 102 Å². The number of ether oxygens (including phenoxy) is 4. The van der Waals surface area contributed by atoms with Crippen LogP contribution in [0.5, 0.6) is 0 Å². The molecule has 17 heavy (non-hydrogen) atoms. The summed E-state index contributed by atoms with van der Waals surface area (Å²) in [6, 6.07) is 0. The van der Waals surface area contributed by atoms with Gasteiger partial charge in [0, 0.05) is 19.4 Å². The predicted molar refractivity (Wildman–Crippen MR) is 60.7 cm³/mol. The highest BCUT2D eigenvalue weighted by atomic mass is 16.7. The third-order valence-electron chi connectivity index (χ3n) is 3.34. The van der Waals surface area contributed by atoms with Crippen molar-refractivity contribution in [2.24, 2.45) is 0 Å². The molecule has 0 radical (unpaired) electrons. The van der Waals surface area contributed by atoms with Crippen LogP contribution in [0.1, 0.15) is 26.2 Å². The van der Waals surface area contributed by atoms with Crippen LogP contribution in [0.2, 0.25) is 0 Å². The van der Waals surface area contributed by atoms with Crippen molar-refractivity contribution in [2.75, 3.05) is 33.0 Å². The van der Waals surface area contributed by atoms with Gasteiger partial charge in [-0.3, -0.25) is 0 Å². The van der Waals surface area contributed by atoms with Gasteiger partial charge in [0.05, 0.1) is 38.6 Å². The van der Waals surface area contributed by atoms with Crippen molar-refractivity contribution >= 4 is 0 Å². The van der Waals surface area contributed by atoms with Crippen LogP contribution in [-0.2, 0) is 18.9 Å². The highest BCUT2D eigenvalue weighted by molar-refractivity contribution is 4.88. The van der Waals surface area contributed by atoms with Crippen LogP contribution in [0.4, 0.5) is 0 Å². The van der Waals surface area contributed by atoms with Gasteiger partial charge in [-0.15, -0.1) is 0 Å². The average Bonchev–Trinajstić information content (AvgIpc) is 2.78. The molecule has 2 rings (SSSR count). The van der Waals surface area contributed by atoms with E-state index >= 15 is 0 Å². The van der Waals surface area contributed by atoms with E-state index < -0.39 is 11.9 Å². The third-order valence-corrected chi connectivity index (χ3v) is 3.34. The normalized spacial score (nSPS) is 32.1. The molecule has 0 aromatic carbocycles. The Bertz CT molecular complexity index is 227. The molecular formula is C12H22O5. The first-order chi connectivity index (χ1) is 8.26. The lowest BCUT2D eigenvalue weighted by Gasteiger charge is -2.38. The summed E-state index contributed by atoms with van der Waals surface area (Å²) < 4.78 is 22.1. The van der Waals surface area contributed by atoms with Crippen LogP contribution in [0.3, 0.4) is 0 Å². The molecule has 0 amide bonds. The van der Waals surface area contributed by atoms with Gasteiger partial charge in [0.15, 0.2) is 5.79 Å². The molecule has 1 aliphatic carbocycles. The van der Waals surface area contributed by atoms with Crippen LogP contribution in [0.15, 0.2) is 0 Å². The molecule has 2 atom stereocenters. The van der Waals surface area contributed by atoms with Crippen LogP contribution >= 0.6 is 0 Å². The van der Waals surface area contributed by atoms with E-state index in [1.807, 2.05) is 6.92 Å². The molecule has 100 valence electrons. The molecule has 1 N–H and O–H groups in total. The lowest BCUT2D eigenvalue weighted by Crippen LogP contribution is -2.46. The van der Waals surface area contributed by atoms with Gasteiger partial charge in [-0.1, -0.05) is 0 Å². The fourth-order valence-corrected chi connectivity index (χ4v) is 2.43. The first-order valence-electron chi connectivity index (χ1n) is 6.41. The minimum atomic E-state index is -0.504.